The monoisotopic (exact) mass is 390 g/mol. The van der Waals surface area contributed by atoms with Crippen molar-refractivity contribution in [2.75, 3.05) is 20.1 Å². The number of nitrogens with zero attached hydrogens (tertiary/aromatic N) is 3. The molecule has 1 aliphatic heterocycles. The second-order valence-corrected chi connectivity index (χ2v) is 6.91. The van der Waals surface area contributed by atoms with Crippen molar-refractivity contribution >= 4 is 22.4 Å². The number of benzene rings is 2. The van der Waals surface area contributed by atoms with Crippen LogP contribution < -0.4 is 5.56 Å². The van der Waals surface area contributed by atoms with Crippen LogP contribution in [0.3, 0.4) is 0 Å². The summed E-state index contributed by atoms with van der Waals surface area (Å²) in [6.45, 7) is -1.72. The molecule has 1 saturated heterocycles. The SMILES string of the molecule is [2H]c1c([2H])c(C([2H])([2H])c2nn(C3CCCN(C([2H])([2H])[2H])CC3)c(=O)c3ccccc23)c([2H])c([2H])c1Cl. The van der Waals surface area contributed by atoms with Crippen LogP contribution in [-0.4, -0.2) is 34.7 Å². The Balaban J connectivity index is 1.93. The summed E-state index contributed by atoms with van der Waals surface area (Å²) >= 11 is 5.92. The van der Waals surface area contributed by atoms with Crippen molar-refractivity contribution in [3.63, 3.8) is 0 Å². The van der Waals surface area contributed by atoms with Gasteiger partial charge in [0.2, 0.25) is 0 Å². The minimum atomic E-state index is -2.62. The molecule has 0 radical (unpaired) electrons. The van der Waals surface area contributed by atoms with E-state index in [2.05, 4.69) is 5.10 Å². The fraction of sp³-hybridized carbons (Fsp3) is 0.364. The summed E-state index contributed by atoms with van der Waals surface area (Å²) in [5, 5.41) is 4.38. The summed E-state index contributed by atoms with van der Waals surface area (Å²) < 4.78 is 74.9. The molecule has 1 fully saturated rings. The minimum absolute atomic E-state index is 0.188. The highest BCUT2D eigenvalue weighted by atomic mass is 35.5. The van der Waals surface area contributed by atoms with Crippen molar-refractivity contribution in [2.24, 2.45) is 0 Å². The van der Waals surface area contributed by atoms with Gasteiger partial charge in [-0.3, -0.25) is 4.79 Å². The second-order valence-electron chi connectivity index (χ2n) is 6.53. The Labute approximate surface area is 177 Å². The van der Waals surface area contributed by atoms with Gasteiger partial charge in [-0.15, -0.1) is 0 Å². The highest BCUT2D eigenvalue weighted by Gasteiger charge is 2.21. The van der Waals surface area contributed by atoms with E-state index in [0.717, 1.165) is 0 Å². The number of rotatable bonds is 3. The van der Waals surface area contributed by atoms with Crippen molar-refractivity contribution < 1.29 is 12.3 Å². The smallest absolute Gasteiger partial charge is 0.274 e. The van der Waals surface area contributed by atoms with Crippen LogP contribution in [0.25, 0.3) is 10.8 Å². The third kappa shape index (κ3) is 3.92. The zero-order chi connectivity index (χ0) is 26.6. The van der Waals surface area contributed by atoms with Gasteiger partial charge in [0.25, 0.3) is 5.56 Å². The van der Waals surface area contributed by atoms with Crippen molar-refractivity contribution in [2.45, 2.75) is 31.7 Å². The van der Waals surface area contributed by atoms with Crippen LogP contribution in [0.4, 0.5) is 0 Å². The van der Waals surface area contributed by atoms with Crippen LogP contribution in [0.15, 0.2) is 53.2 Å². The lowest BCUT2D eigenvalue weighted by Gasteiger charge is -2.19. The molecule has 1 aliphatic rings. The topological polar surface area (TPSA) is 38.1 Å². The van der Waals surface area contributed by atoms with Gasteiger partial charge in [0.1, 0.15) is 0 Å². The number of hydrogen-bond donors (Lipinski definition) is 0. The lowest BCUT2D eigenvalue weighted by atomic mass is 10.0. The second kappa shape index (κ2) is 7.83. The summed E-state index contributed by atoms with van der Waals surface area (Å²) in [5.74, 6) is 0. The standard InChI is InChI=1S/C22H24ClN3O/c1-25-13-4-5-18(12-14-25)26-22(27)20-7-3-2-6-19(20)21(24-26)15-16-8-10-17(23)11-9-16/h2-3,6-11,18H,4-5,12-15H2,1H3/i1D3,8D,9D,10D,11D,15D2. The summed E-state index contributed by atoms with van der Waals surface area (Å²) in [7, 11) is 0. The summed E-state index contributed by atoms with van der Waals surface area (Å²) in [6.07, 6.45) is -1.34. The quantitative estimate of drug-likeness (QED) is 0.669. The predicted molar refractivity (Wildman–Crippen MR) is 111 cm³/mol. The van der Waals surface area contributed by atoms with Crippen LogP contribution in [-0.2, 0) is 6.37 Å². The zero-order valence-electron chi connectivity index (χ0n) is 23.6. The first-order valence-corrected chi connectivity index (χ1v) is 9.18. The lowest BCUT2D eigenvalue weighted by Crippen LogP contribution is -2.29. The van der Waals surface area contributed by atoms with Gasteiger partial charge < -0.3 is 4.90 Å². The first kappa shape index (κ1) is 10.4. The number of likely N-dealkylation sites (tertiary alicyclic amines) is 1. The molecule has 0 N–H and O–H groups in total. The molecule has 2 heterocycles. The number of halogens is 1. The zero-order valence-corrected chi connectivity index (χ0v) is 15.3. The van der Waals surface area contributed by atoms with E-state index in [1.807, 2.05) is 0 Å². The molecule has 1 atom stereocenters. The van der Waals surface area contributed by atoms with Gasteiger partial charge in [-0.2, -0.15) is 5.10 Å². The number of fused-ring (bicyclic) bond motifs is 1. The molecule has 0 saturated carbocycles. The molecule has 27 heavy (non-hydrogen) atoms. The predicted octanol–water partition coefficient (Wildman–Crippen LogP) is 4.30. The van der Waals surface area contributed by atoms with Gasteiger partial charge in [0.15, 0.2) is 0 Å². The van der Waals surface area contributed by atoms with E-state index in [1.165, 1.54) is 21.7 Å². The fourth-order valence-electron chi connectivity index (χ4n) is 3.35. The van der Waals surface area contributed by atoms with Crippen LogP contribution in [0, 0.1) is 0 Å². The van der Waals surface area contributed by atoms with Crippen LogP contribution in [0.2, 0.25) is 5.02 Å². The Hall–Kier alpha value is -2.17. The average Bonchev–Trinajstić information content (AvgIpc) is 3.08. The largest absolute Gasteiger partial charge is 0.306 e. The highest BCUT2D eigenvalue weighted by molar-refractivity contribution is 6.30. The van der Waals surface area contributed by atoms with Crippen molar-refractivity contribution in [1.82, 2.24) is 14.7 Å². The Morgan fingerprint density at radius 1 is 1.22 bits per heavy atom. The summed E-state index contributed by atoms with van der Waals surface area (Å²) in [6, 6.07) is 3.44. The minimum Gasteiger partial charge on any atom is -0.306 e. The van der Waals surface area contributed by atoms with Gasteiger partial charge in [-0.05, 0) is 63.0 Å². The van der Waals surface area contributed by atoms with E-state index in [1.54, 1.807) is 12.1 Å². The Morgan fingerprint density at radius 2 is 2.00 bits per heavy atom. The van der Waals surface area contributed by atoms with E-state index in [4.69, 9.17) is 23.9 Å². The van der Waals surface area contributed by atoms with Gasteiger partial charge >= 0.3 is 0 Å². The normalized spacial score (nSPS) is 24.3. The summed E-state index contributed by atoms with van der Waals surface area (Å²) in [5.41, 5.74) is -1.20. The first-order valence-electron chi connectivity index (χ1n) is 13.3. The molecule has 0 spiro atoms. The molecule has 2 aromatic carbocycles. The van der Waals surface area contributed by atoms with Crippen molar-refractivity contribution in [3.05, 3.63) is 75.1 Å². The van der Waals surface area contributed by atoms with Crippen LogP contribution >= 0.6 is 11.6 Å². The Kier molecular flexibility index (Phi) is 3.01. The van der Waals surface area contributed by atoms with Crippen LogP contribution in [0.1, 0.15) is 48.9 Å². The molecule has 4 rings (SSSR count). The van der Waals surface area contributed by atoms with Crippen molar-refractivity contribution in [1.29, 1.82) is 0 Å². The maximum Gasteiger partial charge on any atom is 0.274 e. The average molecular weight is 391 g/mol. The molecule has 0 aliphatic carbocycles. The molecule has 3 aromatic rings. The highest BCUT2D eigenvalue weighted by Crippen LogP contribution is 2.23. The van der Waals surface area contributed by atoms with E-state index < -0.39 is 59.7 Å². The van der Waals surface area contributed by atoms with Crippen molar-refractivity contribution in [3.8, 4) is 0 Å². The van der Waals surface area contributed by atoms with Gasteiger partial charge in [-0.25, -0.2) is 4.68 Å². The third-order valence-electron chi connectivity index (χ3n) is 4.71. The molecule has 1 aromatic heterocycles. The molecule has 5 heteroatoms. The molecule has 0 amide bonds. The van der Waals surface area contributed by atoms with E-state index >= 15 is 0 Å². The van der Waals surface area contributed by atoms with Gasteiger partial charge in [0, 0.05) is 23.6 Å². The summed E-state index contributed by atoms with van der Waals surface area (Å²) in [4.78, 5) is 14.8. The van der Waals surface area contributed by atoms with E-state index in [9.17, 15) is 4.79 Å². The lowest BCUT2D eigenvalue weighted by molar-refractivity contribution is 0.334. The van der Waals surface area contributed by atoms with Crippen LogP contribution in [0.5, 0.6) is 0 Å². The maximum atomic E-state index is 13.4. The Bertz CT molecular complexity index is 1360. The molecule has 4 nitrogen and oxygen atoms in total. The molecular formula is C22H24ClN3O. The molecule has 0 bridgehead atoms. The third-order valence-corrected chi connectivity index (χ3v) is 4.90. The van der Waals surface area contributed by atoms with E-state index in [-0.39, 0.29) is 23.0 Å². The molecule has 140 valence electrons. The van der Waals surface area contributed by atoms with Gasteiger partial charge in [0.05, 0.1) is 22.6 Å². The molecule has 1 unspecified atom stereocenters. The molecular weight excluding hydrogens is 358 g/mol. The van der Waals surface area contributed by atoms with Gasteiger partial charge in [-0.1, -0.05) is 41.9 Å². The number of hydrogen-bond acceptors (Lipinski definition) is 3. The fourth-order valence-corrected chi connectivity index (χ4v) is 3.44. The van der Waals surface area contributed by atoms with E-state index in [0.29, 0.717) is 25.8 Å². The maximum absolute atomic E-state index is 13.4. The number of aromatic nitrogens is 2. The first-order chi connectivity index (χ1) is 16.8. The Morgan fingerprint density at radius 3 is 2.78 bits per heavy atom.